The number of fused-ring (bicyclic) bond motifs is 1. The van der Waals surface area contributed by atoms with Gasteiger partial charge in [-0.1, -0.05) is 36.4 Å². The lowest BCUT2D eigenvalue weighted by Gasteiger charge is -2.14. The van der Waals surface area contributed by atoms with E-state index in [2.05, 4.69) is 9.97 Å². The fourth-order valence-corrected chi connectivity index (χ4v) is 2.57. The molecule has 0 aliphatic rings. The average Bonchev–Trinajstić information content (AvgIpc) is 2.61. The van der Waals surface area contributed by atoms with E-state index >= 15 is 0 Å². The number of benzene rings is 2. The van der Waals surface area contributed by atoms with Crippen LogP contribution >= 0.6 is 0 Å². The Balaban J connectivity index is 1.75. The van der Waals surface area contributed by atoms with Gasteiger partial charge >= 0.3 is 0 Å². The lowest BCUT2D eigenvalue weighted by atomic mass is 10.1. The average molecular weight is 333 g/mol. The van der Waals surface area contributed by atoms with Crippen LogP contribution in [-0.2, 0) is 11.3 Å². The van der Waals surface area contributed by atoms with E-state index in [1.807, 2.05) is 37.3 Å². The van der Waals surface area contributed by atoms with Crippen molar-refractivity contribution in [2.24, 2.45) is 0 Å². The van der Waals surface area contributed by atoms with Crippen molar-refractivity contribution < 1.29 is 4.79 Å². The maximum Gasteiger partial charge on any atom is 0.258 e. The fraction of sp³-hybridized carbons (Fsp3) is 0.150. The van der Waals surface area contributed by atoms with Crippen molar-refractivity contribution in [3.8, 4) is 0 Å². The molecule has 0 unspecified atom stereocenters. The second-order valence-corrected chi connectivity index (χ2v) is 5.91. The molecule has 0 saturated carbocycles. The summed E-state index contributed by atoms with van der Waals surface area (Å²) < 4.78 is 0. The minimum absolute atomic E-state index is 0.154. The molecule has 126 valence electrons. The fourth-order valence-electron chi connectivity index (χ4n) is 2.57. The van der Waals surface area contributed by atoms with Crippen LogP contribution in [0.25, 0.3) is 17.0 Å². The first-order valence-corrected chi connectivity index (χ1v) is 8.01. The van der Waals surface area contributed by atoms with E-state index in [1.165, 1.54) is 11.0 Å². The molecule has 25 heavy (non-hydrogen) atoms. The number of carbonyl (C=O) groups is 1. The van der Waals surface area contributed by atoms with Gasteiger partial charge in [0.25, 0.3) is 5.56 Å². The summed E-state index contributed by atoms with van der Waals surface area (Å²) in [6.45, 7) is 2.23. The Morgan fingerprint density at radius 1 is 1.16 bits per heavy atom. The molecule has 5 heteroatoms. The zero-order valence-electron chi connectivity index (χ0n) is 14.2. The normalized spacial score (nSPS) is 11.1. The number of H-pyrrole nitrogens is 1. The van der Waals surface area contributed by atoms with Crippen molar-refractivity contribution in [1.29, 1.82) is 0 Å². The largest absolute Gasteiger partial charge is 0.335 e. The van der Waals surface area contributed by atoms with Crippen LogP contribution in [0.5, 0.6) is 0 Å². The molecule has 0 atom stereocenters. The molecule has 3 rings (SSSR count). The third-order valence-corrected chi connectivity index (χ3v) is 4.02. The summed E-state index contributed by atoms with van der Waals surface area (Å²) in [6.07, 6.45) is 3.33. The molecular formula is C20H19N3O2. The van der Waals surface area contributed by atoms with Crippen LogP contribution in [0.1, 0.15) is 17.0 Å². The van der Waals surface area contributed by atoms with Crippen molar-refractivity contribution in [2.75, 3.05) is 7.05 Å². The first-order chi connectivity index (χ1) is 12.0. The smallest absolute Gasteiger partial charge is 0.258 e. The van der Waals surface area contributed by atoms with Crippen LogP contribution in [0.3, 0.4) is 0 Å². The van der Waals surface area contributed by atoms with Gasteiger partial charge in [0.2, 0.25) is 5.91 Å². The Morgan fingerprint density at radius 2 is 1.88 bits per heavy atom. The first-order valence-electron chi connectivity index (χ1n) is 8.01. The zero-order valence-corrected chi connectivity index (χ0v) is 14.2. The minimum Gasteiger partial charge on any atom is -0.335 e. The zero-order chi connectivity index (χ0) is 17.8. The number of nitrogens with one attached hydrogen (secondary N) is 1. The summed E-state index contributed by atoms with van der Waals surface area (Å²) >= 11 is 0. The maximum atomic E-state index is 12.3. The number of hydrogen-bond donors (Lipinski definition) is 1. The standard InChI is InChI=1S/C20H19N3O2/c1-14-7-3-4-8-15(14)11-12-19(24)23(2)13-18-21-17-10-6-5-9-16(17)20(25)22-18/h3-12H,13H2,1-2H3,(H,21,22,25). The molecule has 1 N–H and O–H groups in total. The molecule has 5 nitrogen and oxygen atoms in total. The second-order valence-electron chi connectivity index (χ2n) is 5.91. The number of hydrogen-bond acceptors (Lipinski definition) is 3. The summed E-state index contributed by atoms with van der Waals surface area (Å²) in [4.78, 5) is 33.1. The Labute approximate surface area is 145 Å². The molecule has 1 aromatic heterocycles. The number of nitrogens with zero attached hydrogens (tertiary/aromatic N) is 2. The number of aryl methyl sites for hydroxylation is 1. The third kappa shape index (κ3) is 3.83. The van der Waals surface area contributed by atoms with E-state index in [1.54, 1.807) is 31.3 Å². The highest BCUT2D eigenvalue weighted by atomic mass is 16.2. The van der Waals surface area contributed by atoms with Crippen molar-refractivity contribution in [3.05, 3.63) is 81.9 Å². The van der Waals surface area contributed by atoms with Gasteiger partial charge in [-0.2, -0.15) is 0 Å². The number of likely N-dealkylation sites (N-methyl/N-ethyl adjacent to an activating group) is 1. The van der Waals surface area contributed by atoms with Gasteiger partial charge in [0.15, 0.2) is 0 Å². The quantitative estimate of drug-likeness (QED) is 0.747. The Bertz CT molecular complexity index is 1000. The van der Waals surface area contributed by atoms with Gasteiger partial charge < -0.3 is 9.88 Å². The number of carbonyl (C=O) groups excluding carboxylic acids is 1. The van der Waals surface area contributed by atoms with Crippen molar-refractivity contribution >= 4 is 22.9 Å². The Hall–Kier alpha value is -3.21. The van der Waals surface area contributed by atoms with E-state index in [0.29, 0.717) is 16.7 Å². The molecule has 0 aliphatic heterocycles. The number of aromatic nitrogens is 2. The second kappa shape index (κ2) is 7.13. The monoisotopic (exact) mass is 333 g/mol. The Morgan fingerprint density at radius 3 is 2.68 bits per heavy atom. The van der Waals surface area contributed by atoms with Crippen LogP contribution in [0, 0.1) is 6.92 Å². The van der Waals surface area contributed by atoms with E-state index in [-0.39, 0.29) is 18.0 Å². The van der Waals surface area contributed by atoms with E-state index in [4.69, 9.17) is 0 Å². The lowest BCUT2D eigenvalue weighted by Crippen LogP contribution is -2.26. The minimum atomic E-state index is -0.197. The summed E-state index contributed by atoms with van der Waals surface area (Å²) in [5.41, 5.74) is 2.53. The van der Waals surface area contributed by atoms with Crippen LogP contribution in [0.4, 0.5) is 0 Å². The molecule has 0 bridgehead atoms. The van der Waals surface area contributed by atoms with Gasteiger partial charge in [-0.25, -0.2) is 4.98 Å². The SMILES string of the molecule is Cc1ccccc1C=CC(=O)N(C)Cc1nc2ccccc2c(=O)[nH]1. The molecule has 3 aromatic rings. The topological polar surface area (TPSA) is 66.1 Å². The predicted octanol–water partition coefficient (Wildman–Crippen LogP) is 2.90. The highest BCUT2D eigenvalue weighted by molar-refractivity contribution is 5.91. The van der Waals surface area contributed by atoms with Gasteiger partial charge in [0, 0.05) is 13.1 Å². The van der Waals surface area contributed by atoms with Gasteiger partial charge in [0.05, 0.1) is 17.4 Å². The van der Waals surface area contributed by atoms with Gasteiger partial charge in [0.1, 0.15) is 5.82 Å². The van der Waals surface area contributed by atoms with Crippen LogP contribution in [0.2, 0.25) is 0 Å². The van der Waals surface area contributed by atoms with Crippen molar-refractivity contribution in [2.45, 2.75) is 13.5 Å². The van der Waals surface area contributed by atoms with E-state index in [9.17, 15) is 9.59 Å². The van der Waals surface area contributed by atoms with Gasteiger partial charge in [-0.3, -0.25) is 9.59 Å². The number of para-hydroxylation sites is 1. The van der Waals surface area contributed by atoms with E-state index in [0.717, 1.165) is 11.1 Å². The third-order valence-electron chi connectivity index (χ3n) is 4.02. The van der Waals surface area contributed by atoms with Gasteiger partial charge in [-0.15, -0.1) is 0 Å². The molecule has 1 amide bonds. The number of aromatic amines is 1. The van der Waals surface area contributed by atoms with Crippen LogP contribution < -0.4 is 5.56 Å². The maximum absolute atomic E-state index is 12.3. The van der Waals surface area contributed by atoms with Crippen molar-refractivity contribution in [3.63, 3.8) is 0 Å². The number of rotatable bonds is 4. The molecule has 0 radical (unpaired) electrons. The number of amides is 1. The first kappa shape index (κ1) is 16.6. The van der Waals surface area contributed by atoms with Crippen molar-refractivity contribution in [1.82, 2.24) is 14.9 Å². The highest BCUT2D eigenvalue weighted by Crippen LogP contribution is 2.10. The molecule has 0 spiro atoms. The molecule has 0 aliphatic carbocycles. The van der Waals surface area contributed by atoms with Crippen LogP contribution in [-0.4, -0.2) is 27.8 Å². The summed E-state index contributed by atoms with van der Waals surface area (Å²) in [6, 6.07) is 15.0. The van der Waals surface area contributed by atoms with Gasteiger partial charge in [-0.05, 0) is 36.3 Å². The summed E-state index contributed by atoms with van der Waals surface area (Å²) in [7, 11) is 1.68. The van der Waals surface area contributed by atoms with E-state index < -0.39 is 0 Å². The molecule has 0 fully saturated rings. The molecule has 1 heterocycles. The van der Waals surface area contributed by atoms with Crippen LogP contribution in [0.15, 0.2) is 59.4 Å². The highest BCUT2D eigenvalue weighted by Gasteiger charge is 2.09. The molecular weight excluding hydrogens is 314 g/mol. The molecule has 2 aromatic carbocycles. The predicted molar refractivity (Wildman–Crippen MR) is 99.1 cm³/mol. The molecule has 0 saturated heterocycles. The Kier molecular flexibility index (Phi) is 4.75. The summed E-state index contributed by atoms with van der Waals surface area (Å²) in [5.74, 6) is 0.308. The lowest BCUT2D eigenvalue weighted by molar-refractivity contribution is -0.125. The summed E-state index contributed by atoms with van der Waals surface area (Å²) in [5, 5.41) is 0.541.